The topological polar surface area (TPSA) is 231 Å². The zero-order chi connectivity index (χ0) is 79.4. The zero-order valence-corrected chi connectivity index (χ0v) is 68.9. The molecule has 0 aliphatic carbocycles. The third kappa shape index (κ3) is 82.7. The SMILES string of the molecule is CC/C=C\C/C=C\C/C=C\C/C=C\C/C=C\C/C=C\CCCCCCCCC(=O)OCC(O)COP(=O)(O)OCC(O)COP(=O)(O)OCC(COC(=O)CCCCCCCC/C=C\C/C=C\C/C=C\C/C=C\C/C=C\C/C=C\CC)OC(=O)CCCCCC/C=C\C/C=C\C/C=C\C/C=C\C/C=C\C/C=C\CC. The molecule has 0 heterocycles. The van der Waals surface area contributed by atoms with Crippen LogP contribution in [0.4, 0.5) is 0 Å². The number of hydrogen-bond donors (Lipinski definition) is 4. The summed E-state index contributed by atoms with van der Waals surface area (Å²) >= 11 is 0. The summed E-state index contributed by atoms with van der Waals surface area (Å²) in [6.07, 6.45) is 110. The van der Waals surface area contributed by atoms with Crippen LogP contribution in [0.2, 0.25) is 0 Å². The van der Waals surface area contributed by atoms with Crippen molar-refractivity contribution in [3.05, 3.63) is 219 Å². The Balaban J connectivity index is 4.80. The molecule has 0 saturated heterocycles. The third-order valence-corrected chi connectivity index (χ3v) is 18.1. The second kappa shape index (κ2) is 81.4. The molecular weight excluding hydrogens is 1410 g/mol. The summed E-state index contributed by atoms with van der Waals surface area (Å²) in [5.41, 5.74) is 0. The van der Waals surface area contributed by atoms with E-state index in [-0.39, 0.29) is 19.3 Å². The van der Waals surface area contributed by atoms with Gasteiger partial charge in [-0.25, -0.2) is 9.13 Å². The largest absolute Gasteiger partial charge is 0.472 e. The first-order valence-corrected chi connectivity index (χ1v) is 44.0. The Morgan fingerprint density at radius 3 is 0.725 bits per heavy atom. The van der Waals surface area contributed by atoms with Crippen molar-refractivity contribution < 1.29 is 75.8 Å². The Kier molecular flexibility index (Phi) is 76.8. The standard InChI is InChI=1S/C91H144O16P2/c1-4-7-10-13-16-19-22-25-28-31-34-37-40-42-45-47-50-53-56-59-62-65-68-71-74-77-89(94)101-80-86(92)81-103-108(97,98)104-82-87(93)83-105-109(99,100)106-85-88(107-91(96)79-76-73-70-67-64-61-58-55-52-49-44-39-36-33-30-27-24-21-18-15-12-9-6-3)84-102-90(95)78-75-72-69-66-63-60-57-54-51-48-46-43-41-38-35-32-29-26-23-20-17-14-11-8-5-2/h7-12,16-21,25-30,34-39,42-43,45-46,49-54,58,61,86-88,92-93H,4-6,13-15,22-24,31-33,40-41,44,47-48,55-57,59-60,62-85H2,1-3H3,(H,97,98)(H,99,100)/b10-7-,11-8-,12-9-,19-16-,20-17-,21-18-,28-25-,29-26-,30-27-,37-34-,38-35-,39-36-,45-42-,46-43-,52-49-,53-50-,54-51-,61-58-. The number of phosphoric ester groups is 2. The van der Waals surface area contributed by atoms with Gasteiger partial charge in [-0.3, -0.25) is 32.5 Å². The van der Waals surface area contributed by atoms with E-state index in [1.807, 2.05) is 0 Å². The van der Waals surface area contributed by atoms with E-state index < -0.39 is 91.5 Å². The molecule has 16 nitrogen and oxygen atoms in total. The first-order chi connectivity index (χ1) is 53.2. The number of aliphatic hydroxyl groups excluding tert-OH is 2. The fourth-order valence-corrected chi connectivity index (χ4v) is 11.6. The van der Waals surface area contributed by atoms with Gasteiger partial charge in [-0.1, -0.05) is 304 Å². The number of esters is 3. The van der Waals surface area contributed by atoms with Crippen molar-refractivity contribution in [3.8, 4) is 0 Å². The minimum atomic E-state index is -4.96. The normalized spacial score (nSPS) is 15.0. The van der Waals surface area contributed by atoms with Gasteiger partial charge in [0.25, 0.3) is 0 Å². The monoisotopic (exact) mass is 1550 g/mol. The van der Waals surface area contributed by atoms with Crippen LogP contribution in [0.1, 0.15) is 278 Å². The van der Waals surface area contributed by atoms with Crippen LogP contribution in [0.5, 0.6) is 0 Å². The molecule has 0 radical (unpaired) electrons. The predicted molar refractivity (Wildman–Crippen MR) is 453 cm³/mol. The molecule has 5 unspecified atom stereocenters. The maximum atomic E-state index is 13.0. The van der Waals surface area contributed by atoms with Crippen LogP contribution < -0.4 is 0 Å². The summed E-state index contributed by atoms with van der Waals surface area (Å²) in [6.45, 7) is 2.25. The van der Waals surface area contributed by atoms with Crippen LogP contribution in [-0.2, 0) is 55.8 Å². The third-order valence-electron chi connectivity index (χ3n) is 16.2. The molecule has 4 N–H and O–H groups in total. The van der Waals surface area contributed by atoms with Gasteiger partial charge in [0.15, 0.2) is 6.10 Å². The van der Waals surface area contributed by atoms with Gasteiger partial charge in [-0.15, -0.1) is 0 Å². The predicted octanol–water partition coefficient (Wildman–Crippen LogP) is 24.6. The Hall–Kier alpha value is -6.13. The quantitative estimate of drug-likeness (QED) is 0.0146. The number of carbonyl (C=O) groups is 3. The highest BCUT2D eigenvalue weighted by atomic mass is 31.2. The van der Waals surface area contributed by atoms with Crippen LogP contribution in [0.25, 0.3) is 0 Å². The van der Waals surface area contributed by atoms with Crippen molar-refractivity contribution in [2.24, 2.45) is 0 Å². The van der Waals surface area contributed by atoms with E-state index in [1.165, 1.54) is 0 Å². The molecular formula is C91H144O16P2. The number of phosphoric acid groups is 2. The highest BCUT2D eigenvalue weighted by molar-refractivity contribution is 7.47. The molecule has 0 rings (SSSR count). The van der Waals surface area contributed by atoms with E-state index in [1.54, 1.807) is 0 Å². The summed E-state index contributed by atoms with van der Waals surface area (Å²) in [7, 11) is -9.84. The molecule has 0 aromatic heterocycles. The van der Waals surface area contributed by atoms with Crippen molar-refractivity contribution in [3.63, 3.8) is 0 Å². The number of aliphatic hydroxyl groups is 2. The van der Waals surface area contributed by atoms with E-state index in [2.05, 4.69) is 240 Å². The Labute approximate surface area is 660 Å². The van der Waals surface area contributed by atoms with E-state index in [9.17, 15) is 43.5 Å². The molecule has 0 fully saturated rings. The van der Waals surface area contributed by atoms with Gasteiger partial charge in [0.2, 0.25) is 0 Å². The fraction of sp³-hybridized carbons (Fsp3) is 0.571. The first kappa shape index (κ1) is 103. The van der Waals surface area contributed by atoms with Gasteiger partial charge in [0, 0.05) is 19.3 Å². The number of carbonyl (C=O) groups excluding carboxylic acids is 3. The van der Waals surface area contributed by atoms with Gasteiger partial charge >= 0.3 is 33.6 Å². The lowest BCUT2D eigenvalue weighted by Crippen LogP contribution is -2.30. The minimum Gasteiger partial charge on any atom is -0.463 e. The average molecular weight is 1560 g/mol. The van der Waals surface area contributed by atoms with Crippen LogP contribution in [0.3, 0.4) is 0 Å². The van der Waals surface area contributed by atoms with Crippen molar-refractivity contribution in [1.82, 2.24) is 0 Å². The van der Waals surface area contributed by atoms with Gasteiger partial charge in [0.1, 0.15) is 25.4 Å². The lowest BCUT2D eigenvalue weighted by atomic mass is 10.1. The van der Waals surface area contributed by atoms with Gasteiger partial charge < -0.3 is 34.2 Å². The highest BCUT2D eigenvalue weighted by Crippen LogP contribution is 2.45. The number of hydrogen-bond acceptors (Lipinski definition) is 14. The number of allylic oxidation sites excluding steroid dienone is 36. The molecule has 0 aromatic rings. The van der Waals surface area contributed by atoms with Crippen LogP contribution >= 0.6 is 15.6 Å². The maximum absolute atomic E-state index is 13.0. The molecule has 0 saturated carbocycles. The average Bonchev–Trinajstić information content (AvgIpc) is 0.903. The zero-order valence-electron chi connectivity index (χ0n) is 67.1. The Bertz CT molecular complexity index is 2860. The minimum absolute atomic E-state index is 0.0604. The number of unbranched alkanes of at least 4 members (excludes halogenated alkanes) is 16. The van der Waals surface area contributed by atoms with Crippen LogP contribution in [0.15, 0.2) is 219 Å². The lowest BCUT2D eigenvalue weighted by molar-refractivity contribution is -0.161. The molecule has 0 amide bonds. The second-order valence-electron chi connectivity index (χ2n) is 26.4. The Morgan fingerprint density at radius 2 is 0.459 bits per heavy atom. The van der Waals surface area contributed by atoms with E-state index in [0.29, 0.717) is 19.3 Å². The van der Waals surface area contributed by atoms with Gasteiger partial charge in [0.05, 0.1) is 26.4 Å². The highest BCUT2D eigenvalue weighted by Gasteiger charge is 2.29. The smallest absolute Gasteiger partial charge is 0.463 e. The van der Waals surface area contributed by atoms with E-state index in [0.717, 1.165) is 218 Å². The summed E-state index contributed by atoms with van der Waals surface area (Å²) in [4.78, 5) is 58.8. The van der Waals surface area contributed by atoms with Crippen LogP contribution in [0, 0.1) is 0 Å². The molecule has 0 aromatic carbocycles. The summed E-state index contributed by atoms with van der Waals surface area (Å²) < 4.78 is 61.2. The van der Waals surface area contributed by atoms with Crippen molar-refractivity contribution in [2.45, 2.75) is 296 Å². The summed E-state index contributed by atoms with van der Waals surface area (Å²) in [6, 6.07) is 0. The molecule has 109 heavy (non-hydrogen) atoms. The summed E-state index contributed by atoms with van der Waals surface area (Å²) in [5, 5.41) is 20.7. The van der Waals surface area contributed by atoms with Gasteiger partial charge in [-0.2, -0.15) is 0 Å². The first-order valence-electron chi connectivity index (χ1n) is 41.0. The molecule has 18 heteroatoms. The molecule has 614 valence electrons. The van der Waals surface area contributed by atoms with E-state index in [4.69, 9.17) is 32.3 Å². The van der Waals surface area contributed by atoms with Crippen molar-refractivity contribution in [2.75, 3.05) is 39.6 Å². The Morgan fingerprint density at radius 1 is 0.257 bits per heavy atom. The fourth-order valence-electron chi connectivity index (χ4n) is 10.1. The molecule has 0 spiro atoms. The molecule has 0 bridgehead atoms. The number of ether oxygens (including phenoxy) is 3. The van der Waals surface area contributed by atoms with E-state index >= 15 is 0 Å². The lowest BCUT2D eigenvalue weighted by Gasteiger charge is -2.21. The summed E-state index contributed by atoms with van der Waals surface area (Å²) in [5.74, 6) is -1.65. The second-order valence-corrected chi connectivity index (χ2v) is 29.3. The van der Waals surface area contributed by atoms with Crippen molar-refractivity contribution >= 4 is 33.6 Å². The van der Waals surface area contributed by atoms with Gasteiger partial charge in [-0.05, 0) is 173 Å². The van der Waals surface area contributed by atoms with Crippen LogP contribution in [-0.4, -0.2) is 95.9 Å². The molecule has 0 aliphatic heterocycles. The number of rotatable bonds is 75. The van der Waals surface area contributed by atoms with Crippen molar-refractivity contribution in [1.29, 1.82) is 0 Å². The molecule has 0 aliphatic rings. The maximum Gasteiger partial charge on any atom is 0.472 e. The molecule has 5 atom stereocenters.